The monoisotopic (exact) mass is 204 g/mol. The maximum Gasteiger partial charge on any atom is 0.129 e. The van der Waals surface area contributed by atoms with Gasteiger partial charge in [0.25, 0.3) is 0 Å². The molecule has 1 aliphatic rings. The number of anilines is 1. The van der Waals surface area contributed by atoms with Crippen LogP contribution in [0.25, 0.3) is 0 Å². The third-order valence-electron chi connectivity index (χ3n) is 3.48. The summed E-state index contributed by atoms with van der Waals surface area (Å²) >= 11 is 0. The van der Waals surface area contributed by atoms with Gasteiger partial charge < -0.3 is 5.32 Å². The van der Waals surface area contributed by atoms with E-state index in [2.05, 4.69) is 30.2 Å². The second-order valence-corrected chi connectivity index (χ2v) is 4.65. The Morgan fingerprint density at radius 2 is 2.13 bits per heavy atom. The van der Waals surface area contributed by atoms with E-state index in [1.807, 2.05) is 12.3 Å². The molecule has 2 heteroatoms. The zero-order chi connectivity index (χ0) is 10.7. The molecule has 1 aromatic rings. The first-order chi connectivity index (χ1) is 7.27. The van der Waals surface area contributed by atoms with E-state index in [0.717, 1.165) is 11.7 Å². The SMILES string of the molecule is Cc1cccnc1NC(C)C1CCCC1. The number of nitrogens with zero attached hydrogens (tertiary/aromatic N) is 1. The maximum absolute atomic E-state index is 4.38. The molecule has 15 heavy (non-hydrogen) atoms. The van der Waals surface area contributed by atoms with Crippen LogP contribution in [0.1, 0.15) is 38.2 Å². The van der Waals surface area contributed by atoms with E-state index in [1.165, 1.54) is 31.2 Å². The van der Waals surface area contributed by atoms with Crippen LogP contribution in [0.2, 0.25) is 0 Å². The molecule has 1 aliphatic carbocycles. The number of pyridine rings is 1. The Hall–Kier alpha value is -1.05. The Morgan fingerprint density at radius 1 is 1.40 bits per heavy atom. The average molecular weight is 204 g/mol. The van der Waals surface area contributed by atoms with Crippen LogP contribution < -0.4 is 5.32 Å². The van der Waals surface area contributed by atoms with Crippen molar-refractivity contribution in [2.75, 3.05) is 5.32 Å². The summed E-state index contributed by atoms with van der Waals surface area (Å²) in [7, 11) is 0. The van der Waals surface area contributed by atoms with E-state index < -0.39 is 0 Å². The summed E-state index contributed by atoms with van der Waals surface area (Å²) < 4.78 is 0. The van der Waals surface area contributed by atoms with Gasteiger partial charge in [0.2, 0.25) is 0 Å². The molecule has 82 valence electrons. The second kappa shape index (κ2) is 4.65. The predicted octanol–water partition coefficient (Wildman–Crippen LogP) is 3.38. The number of nitrogens with one attached hydrogen (secondary N) is 1. The Labute approximate surface area is 92.1 Å². The largest absolute Gasteiger partial charge is 0.367 e. The van der Waals surface area contributed by atoms with Crippen LogP contribution in [0, 0.1) is 12.8 Å². The molecule has 0 spiro atoms. The fourth-order valence-corrected chi connectivity index (χ4v) is 2.43. The van der Waals surface area contributed by atoms with E-state index in [1.54, 1.807) is 0 Å². The molecule has 2 rings (SSSR count). The second-order valence-electron chi connectivity index (χ2n) is 4.65. The van der Waals surface area contributed by atoms with Gasteiger partial charge in [-0.25, -0.2) is 4.98 Å². The molecule has 1 N–H and O–H groups in total. The number of hydrogen-bond donors (Lipinski definition) is 1. The predicted molar refractivity (Wildman–Crippen MR) is 64.0 cm³/mol. The van der Waals surface area contributed by atoms with Gasteiger partial charge >= 0.3 is 0 Å². The summed E-state index contributed by atoms with van der Waals surface area (Å²) in [5, 5.41) is 3.54. The van der Waals surface area contributed by atoms with Crippen LogP contribution in [-0.4, -0.2) is 11.0 Å². The fourth-order valence-electron chi connectivity index (χ4n) is 2.43. The molecule has 0 radical (unpaired) electrons. The molecule has 0 amide bonds. The van der Waals surface area contributed by atoms with Gasteiger partial charge in [-0.2, -0.15) is 0 Å². The first-order valence-electron chi connectivity index (χ1n) is 5.95. The number of hydrogen-bond acceptors (Lipinski definition) is 2. The third kappa shape index (κ3) is 2.49. The first-order valence-corrected chi connectivity index (χ1v) is 5.95. The van der Waals surface area contributed by atoms with Crippen molar-refractivity contribution in [2.24, 2.45) is 5.92 Å². The fraction of sp³-hybridized carbons (Fsp3) is 0.615. The summed E-state index contributed by atoms with van der Waals surface area (Å²) in [6, 6.07) is 4.65. The van der Waals surface area contributed by atoms with Crippen LogP contribution >= 0.6 is 0 Å². The molecule has 0 saturated heterocycles. The van der Waals surface area contributed by atoms with E-state index in [4.69, 9.17) is 0 Å². The van der Waals surface area contributed by atoms with E-state index in [-0.39, 0.29) is 0 Å². The first kappa shape index (κ1) is 10.5. The number of aromatic nitrogens is 1. The van der Waals surface area contributed by atoms with Gasteiger partial charge in [0, 0.05) is 12.2 Å². The minimum absolute atomic E-state index is 0.557. The van der Waals surface area contributed by atoms with Gasteiger partial charge in [0.1, 0.15) is 5.82 Å². The van der Waals surface area contributed by atoms with Crippen molar-refractivity contribution < 1.29 is 0 Å². The van der Waals surface area contributed by atoms with Crippen molar-refractivity contribution in [3.05, 3.63) is 23.9 Å². The lowest BCUT2D eigenvalue weighted by Gasteiger charge is -2.21. The summed E-state index contributed by atoms with van der Waals surface area (Å²) in [6.07, 6.45) is 7.41. The third-order valence-corrected chi connectivity index (χ3v) is 3.48. The van der Waals surface area contributed by atoms with Crippen LogP contribution in [0.5, 0.6) is 0 Å². The zero-order valence-electron chi connectivity index (χ0n) is 9.66. The van der Waals surface area contributed by atoms with Crippen molar-refractivity contribution in [3.63, 3.8) is 0 Å². The highest BCUT2D eigenvalue weighted by Crippen LogP contribution is 2.29. The normalized spacial score (nSPS) is 19.1. The molecule has 1 saturated carbocycles. The summed E-state index contributed by atoms with van der Waals surface area (Å²) in [4.78, 5) is 4.38. The Kier molecular flexibility index (Phi) is 3.24. The van der Waals surface area contributed by atoms with Crippen molar-refractivity contribution in [1.82, 2.24) is 4.98 Å². The molecule has 1 heterocycles. The lowest BCUT2D eigenvalue weighted by molar-refractivity contribution is 0.481. The summed E-state index contributed by atoms with van der Waals surface area (Å²) in [6.45, 7) is 4.39. The molecular formula is C13H20N2. The van der Waals surface area contributed by atoms with Crippen molar-refractivity contribution in [2.45, 2.75) is 45.6 Å². The minimum Gasteiger partial charge on any atom is -0.367 e. The molecule has 1 aromatic heterocycles. The summed E-state index contributed by atoms with van der Waals surface area (Å²) in [5.74, 6) is 1.89. The lowest BCUT2D eigenvalue weighted by atomic mass is 10.00. The molecule has 1 unspecified atom stereocenters. The lowest BCUT2D eigenvalue weighted by Crippen LogP contribution is -2.24. The van der Waals surface area contributed by atoms with E-state index in [0.29, 0.717) is 6.04 Å². The molecular weight excluding hydrogens is 184 g/mol. The van der Waals surface area contributed by atoms with Gasteiger partial charge in [-0.15, -0.1) is 0 Å². The maximum atomic E-state index is 4.38. The highest BCUT2D eigenvalue weighted by atomic mass is 15.0. The molecule has 0 bridgehead atoms. The molecule has 2 nitrogen and oxygen atoms in total. The highest BCUT2D eigenvalue weighted by Gasteiger charge is 2.21. The summed E-state index contributed by atoms with van der Waals surface area (Å²) in [5.41, 5.74) is 1.24. The molecule has 0 aliphatic heterocycles. The van der Waals surface area contributed by atoms with E-state index >= 15 is 0 Å². The van der Waals surface area contributed by atoms with Gasteiger partial charge in [0.15, 0.2) is 0 Å². The Morgan fingerprint density at radius 3 is 2.80 bits per heavy atom. The standard InChI is InChI=1S/C13H20N2/c1-10-6-5-9-14-13(10)15-11(2)12-7-3-4-8-12/h5-6,9,11-12H,3-4,7-8H2,1-2H3,(H,14,15). The molecule has 1 atom stereocenters. The van der Waals surface area contributed by atoms with Crippen LogP contribution in [0.3, 0.4) is 0 Å². The topological polar surface area (TPSA) is 24.9 Å². The van der Waals surface area contributed by atoms with Gasteiger partial charge in [-0.05, 0) is 44.2 Å². The van der Waals surface area contributed by atoms with Crippen LogP contribution in [-0.2, 0) is 0 Å². The Bertz CT molecular complexity index is 316. The average Bonchev–Trinajstić information content (AvgIpc) is 2.74. The Balaban J connectivity index is 1.99. The smallest absolute Gasteiger partial charge is 0.129 e. The van der Waals surface area contributed by atoms with Crippen molar-refractivity contribution in [1.29, 1.82) is 0 Å². The van der Waals surface area contributed by atoms with Gasteiger partial charge in [-0.3, -0.25) is 0 Å². The minimum atomic E-state index is 0.557. The molecule has 0 aromatic carbocycles. The zero-order valence-corrected chi connectivity index (χ0v) is 9.66. The van der Waals surface area contributed by atoms with Crippen molar-refractivity contribution >= 4 is 5.82 Å². The van der Waals surface area contributed by atoms with Gasteiger partial charge in [0.05, 0.1) is 0 Å². The van der Waals surface area contributed by atoms with Gasteiger partial charge in [-0.1, -0.05) is 18.9 Å². The van der Waals surface area contributed by atoms with Crippen LogP contribution in [0.15, 0.2) is 18.3 Å². The number of rotatable bonds is 3. The van der Waals surface area contributed by atoms with E-state index in [9.17, 15) is 0 Å². The van der Waals surface area contributed by atoms with Crippen molar-refractivity contribution in [3.8, 4) is 0 Å². The quantitative estimate of drug-likeness (QED) is 0.816. The van der Waals surface area contributed by atoms with Crippen LogP contribution in [0.4, 0.5) is 5.82 Å². The highest BCUT2D eigenvalue weighted by molar-refractivity contribution is 5.43. The molecule has 1 fully saturated rings. The number of aryl methyl sites for hydroxylation is 1.